The number of nitrogens with one attached hydrogen (secondary N) is 1. The van der Waals surface area contributed by atoms with Gasteiger partial charge in [-0.1, -0.05) is 30.3 Å². The molecule has 2 fully saturated rings. The fraction of sp³-hybridized carbons (Fsp3) is 0.542. The van der Waals surface area contributed by atoms with Crippen LogP contribution in [0.1, 0.15) is 46.8 Å². The molecule has 8 nitrogen and oxygen atoms in total. The van der Waals surface area contributed by atoms with Crippen molar-refractivity contribution >= 4 is 11.8 Å². The van der Waals surface area contributed by atoms with Gasteiger partial charge in [0.05, 0.1) is 30.7 Å². The predicted molar refractivity (Wildman–Crippen MR) is 121 cm³/mol. The van der Waals surface area contributed by atoms with Crippen LogP contribution in [0.5, 0.6) is 0 Å². The van der Waals surface area contributed by atoms with Crippen LogP contribution in [0, 0.1) is 0 Å². The molecule has 4 rings (SSSR count). The third-order valence-corrected chi connectivity index (χ3v) is 6.44. The number of H-pyrrole nitrogens is 1. The van der Waals surface area contributed by atoms with Crippen molar-refractivity contribution in [3.05, 3.63) is 53.3 Å². The van der Waals surface area contributed by atoms with Crippen molar-refractivity contribution < 1.29 is 14.3 Å². The fourth-order valence-corrected chi connectivity index (χ4v) is 4.59. The highest BCUT2D eigenvalue weighted by molar-refractivity contribution is 5.95. The van der Waals surface area contributed by atoms with E-state index in [1.807, 2.05) is 42.3 Å². The van der Waals surface area contributed by atoms with Gasteiger partial charge in [-0.05, 0) is 18.4 Å². The van der Waals surface area contributed by atoms with E-state index in [1.54, 1.807) is 11.1 Å². The van der Waals surface area contributed by atoms with Gasteiger partial charge in [0.2, 0.25) is 5.91 Å². The smallest absolute Gasteiger partial charge is 0.257 e. The third-order valence-electron chi connectivity index (χ3n) is 6.44. The van der Waals surface area contributed by atoms with Crippen LogP contribution in [0.4, 0.5) is 0 Å². The van der Waals surface area contributed by atoms with Crippen molar-refractivity contribution in [1.82, 2.24) is 24.9 Å². The van der Waals surface area contributed by atoms with E-state index in [-0.39, 0.29) is 17.7 Å². The first-order chi connectivity index (χ1) is 15.6. The summed E-state index contributed by atoms with van der Waals surface area (Å²) in [5, 5.41) is 7.24. The Morgan fingerprint density at radius 3 is 2.75 bits per heavy atom. The molecule has 0 aliphatic carbocycles. The maximum Gasteiger partial charge on any atom is 0.257 e. The van der Waals surface area contributed by atoms with E-state index in [1.165, 1.54) is 0 Å². The van der Waals surface area contributed by atoms with E-state index in [0.717, 1.165) is 63.5 Å². The molecule has 32 heavy (non-hydrogen) atoms. The van der Waals surface area contributed by atoms with Gasteiger partial charge >= 0.3 is 0 Å². The van der Waals surface area contributed by atoms with Gasteiger partial charge < -0.3 is 14.5 Å². The highest BCUT2D eigenvalue weighted by Gasteiger charge is 2.30. The van der Waals surface area contributed by atoms with E-state index in [2.05, 4.69) is 15.1 Å². The largest absolute Gasteiger partial charge is 0.379 e. The summed E-state index contributed by atoms with van der Waals surface area (Å²) in [4.78, 5) is 32.0. The number of carbonyl (C=O) groups excluding carboxylic acids is 2. The van der Waals surface area contributed by atoms with Gasteiger partial charge in [-0.2, -0.15) is 5.10 Å². The topological polar surface area (TPSA) is 81.8 Å². The molecule has 1 aromatic carbocycles. The summed E-state index contributed by atoms with van der Waals surface area (Å²) in [5.41, 5.74) is 2.54. The molecule has 1 N–H and O–H groups in total. The number of aromatic amines is 1. The number of amides is 2. The maximum atomic E-state index is 13.1. The highest BCUT2D eigenvalue weighted by atomic mass is 16.5. The molecule has 3 heterocycles. The third kappa shape index (κ3) is 5.55. The Balaban J connectivity index is 1.36. The summed E-state index contributed by atoms with van der Waals surface area (Å²) in [7, 11) is 1.81. The molecule has 172 valence electrons. The van der Waals surface area contributed by atoms with Gasteiger partial charge in [0.1, 0.15) is 0 Å². The average molecular weight is 440 g/mol. The van der Waals surface area contributed by atoms with Gasteiger partial charge in [-0.3, -0.25) is 19.6 Å². The molecule has 2 saturated heterocycles. The molecule has 0 bridgehead atoms. The van der Waals surface area contributed by atoms with Gasteiger partial charge in [0.25, 0.3) is 5.91 Å². The van der Waals surface area contributed by atoms with E-state index < -0.39 is 0 Å². The fourth-order valence-electron chi connectivity index (χ4n) is 4.59. The minimum Gasteiger partial charge on any atom is -0.379 e. The van der Waals surface area contributed by atoms with Crippen molar-refractivity contribution in [3.63, 3.8) is 0 Å². The number of piperidine rings is 1. The molecule has 0 radical (unpaired) electrons. The van der Waals surface area contributed by atoms with Crippen LogP contribution in [0.2, 0.25) is 0 Å². The molecule has 0 unspecified atom stereocenters. The Morgan fingerprint density at radius 1 is 1.19 bits per heavy atom. The first-order valence-corrected chi connectivity index (χ1v) is 11.5. The SMILES string of the molecule is CN(Cc1ccccc1)C(=O)c1cn[nH]c1[C@H]1CCCN(C(=O)CCN2CCOCC2)C1. The normalized spacial score (nSPS) is 19.7. The Labute approximate surface area is 189 Å². The number of likely N-dealkylation sites (tertiary alicyclic amines) is 1. The van der Waals surface area contributed by atoms with Gasteiger partial charge in [-0.25, -0.2) is 0 Å². The van der Waals surface area contributed by atoms with Crippen molar-refractivity contribution in [2.75, 3.05) is 53.0 Å². The number of ether oxygens (including phenoxy) is 1. The Morgan fingerprint density at radius 2 is 1.97 bits per heavy atom. The Bertz CT molecular complexity index is 894. The molecular formula is C24H33N5O3. The lowest BCUT2D eigenvalue weighted by Crippen LogP contribution is -2.42. The molecule has 0 saturated carbocycles. The van der Waals surface area contributed by atoms with Crippen molar-refractivity contribution in [3.8, 4) is 0 Å². The van der Waals surface area contributed by atoms with Crippen LogP contribution in [0.25, 0.3) is 0 Å². The zero-order valence-corrected chi connectivity index (χ0v) is 18.8. The summed E-state index contributed by atoms with van der Waals surface area (Å²) in [6.07, 6.45) is 4.03. The number of nitrogens with zero attached hydrogens (tertiary/aromatic N) is 4. The lowest BCUT2D eigenvalue weighted by atomic mass is 9.92. The molecule has 1 aromatic heterocycles. The maximum absolute atomic E-state index is 13.1. The van der Waals surface area contributed by atoms with Crippen LogP contribution in [0.3, 0.4) is 0 Å². The number of rotatable bonds is 7. The standard InChI is InChI=1S/C24H33N5O3/c1-27(17-19-6-3-2-4-7-19)24(31)21-16-25-26-23(21)20-8-5-10-29(18-20)22(30)9-11-28-12-14-32-15-13-28/h2-4,6-7,16,20H,5,8-15,17-18H2,1H3,(H,25,26)/t20-/m0/s1. The molecule has 2 aromatic rings. The van der Waals surface area contributed by atoms with E-state index >= 15 is 0 Å². The van der Waals surface area contributed by atoms with Crippen LogP contribution in [-0.2, 0) is 16.1 Å². The highest BCUT2D eigenvalue weighted by Crippen LogP contribution is 2.29. The van der Waals surface area contributed by atoms with Crippen molar-refractivity contribution in [2.45, 2.75) is 31.7 Å². The van der Waals surface area contributed by atoms with Gasteiger partial charge in [0, 0.05) is 58.7 Å². The van der Waals surface area contributed by atoms with Crippen LogP contribution < -0.4 is 0 Å². The summed E-state index contributed by atoms with van der Waals surface area (Å²) in [6, 6.07) is 9.95. The molecule has 2 aliphatic rings. The van der Waals surface area contributed by atoms with Gasteiger partial charge in [-0.15, -0.1) is 0 Å². The number of hydrogen-bond acceptors (Lipinski definition) is 5. The monoisotopic (exact) mass is 439 g/mol. The average Bonchev–Trinajstić information content (AvgIpc) is 3.33. The van der Waals surface area contributed by atoms with E-state index in [9.17, 15) is 9.59 Å². The van der Waals surface area contributed by atoms with E-state index in [4.69, 9.17) is 4.74 Å². The zero-order chi connectivity index (χ0) is 22.3. The molecule has 1 atom stereocenters. The molecule has 2 amide bonds. The number of benzene rings is 1. The van der Waals surface area contributed by atoms with Crippen molar-refractivity contribution in [2.24, 2.45) is 0 Å². The minimum absolute atomic E-state index is 0.0478. The first kappa shape index (κ1) is 22.5. The predicted octanol–water partition coefficient (Wildman–Crippen LogP) is 2.11. The first-order valence-electron chi connectivity index (χ1n) is 11.5. The number of hydrogen-bond donors (Lipinski definition) is 1. The molecule has 8 heteroatoms. The Hall–Kier alpha value is -2.71. The zero-order valence-electron chi connectivity index (χ0n) is 18.8. The lowest BCUT2D eigenvalue weighted by molar-refractivity contribution is -0.133. The number of morpholine rings is 1. The van der Waals surface area contributed by atoms with Crippen LogP contribution >= 0.6 is 0 Å². The summed E-state index contributed by atoms with van der Waals surface area (Å²) in [6.45, 7) is 6.02. The molecule has 0 spiro atoms. The number of carbonyl (C=O) groups is 2. The second-order valence-corrected chi connectivity index (χ2v) is 8.73. The van der Waals surface area contributed by atoms with Crippen LogP contribution in [-0.4, -0.2) is 89.7 Å². The molecular weight excluding hydrogens is 406 g/mol. The summed E-state index contributed by atoms with van der Waals surface area (Å²) >= 11 is 0. The minimum atomic E-state index is -0.0478. The second-order valence-electron chi connectivity index (χ2n) is 8.73. The van der Waals surface area contributed by atoms with Crippen molar-refractivity contribution in [1.29, 1.82) is 0 Å². The summed E-state index contributed by atoms with van der Waals surface area (Å²) in [5.74, 6) is 0.241. The lowest BCUT2D eigenvalue weighted by Gasteiger charge is -2.34. The van der Waals surface area contributed by atoms with Gasteiger partial charge in [0.15, 0.2) is 0 Å². The second kappa shape index (κ2) is 10.7. The number of aromatic nitrogens is 2. The molecule has 2 aliphatic heterocycles. The van der Waals surface area contributed by atoms with Crippen LogP contribution in [0.15, 0.2) is 36.5 Å². The van der Waals surface area contributed by atoms with E-state index in [0.29, 0.717) is 25.1 Å². The quantitative estimate of drug-likeness (QED) is 0.715. The Kier molecular flexibility index (Phi) is 7.55. The summed E-state index contributed by atoms with van der Waals surface area (Å²) < 4.78 is 5.38.